The summed E-state index contributed by atoms with van der Waals surface area (Å²) in [6.45, 7) is 2.56. The number of benzene rings is 1. The second-order valence-corrected chi connectivity index (χ2v) is 6.82. The van der Waals surface area contributed by atoms with Gasteiger partial charge in [0, 0.05) is 5.56 Å². The lowest BCUT2D eigenvalue weighted by Gasteiger charge is -2.45. The predicted octanol–water partition coefficient (Wildman–Crippen LogP) is 2.32. The average Bonchev–Trinajstić information content (AvgIpc) is 3.15. The van der Waals surface area contributed by atoms with Gasteiger partial charge in [-0.3, -0.25) is 4.79 Å². The molecule has 1 aromatic carbocycles. The summed E-state index contributed by atoms with van der Waals surface area (Å²) in [7, 11) is 0. The summed E-state index contributed by atoms with van der Waals surface area (Å²) >= 11 is 0. The SMILES string of the molecule is CCC1(O)CN(C(=O)c2coc(Cc3ccc(-c4ccccc4)nn3)n2)C1. The van der Waals surface area contributed by atoms with Crippen molar-refractivity contribution >= 4 is 5.91 Å². The zero-order valence-corrected chi connectivity index (χ0v) is 15.0. The summed E-state index contributed by atoms with van der Waals surface area (Å²) in [4.78, 5) is 18.2. The van der Waals surface area contributed by atoms with E-state index in [2.05, 4.69) is 15.2 Å². The lowest BCUT2D eigenvalue weighted by atomic mass is 9.91. The van der Waals surface area contributed by atoms with Crippen molar-refractivity contribution < 1.29 is 14.3 Å². The molecule has 1 aliphatic heterocycles. The van der Waals surface area contributed by atoms with Crippen LogP contribution < -0.4 is 0 Å². The number of carbonyl (C=O) groups is 1. The molecule has 138 valence electrons. The minimum Gasteiger partial charge on any atom is -0.448 e. The molecule has 0 saturated carbocycles. The lowest BCUT2D eigenvalue weighted by Crippen LogP contribution is -2.63. The zero-order chi connectivity index (χ0) is 18.9. The van der Waals surface area contributed by atoms with Crippen LogP contribution in [-0.4, -0.2) is 49.8 Å². The van der Waals surface area contributed by atoms with Crippen molar-refractivity contribution in [2.75, 3.05) is 13.1 Å². The number of carbonyl (C=O) groups excluding carboxylic acids is 1. The fourth-order valence-electron chi connectivity index (χ4n) is 3.06. The van der Waals surface area contributed by atoms with Gasteiger partial charge in [0.1, 0.15) is 6.26 Å². The number of likely N-dealkylation sites (tertiary alicyclic amines) is 1. The van der Waals surface area contributed by atoms with Crippen LogP contribution in [0.25, 0.3) is 11.3 Å². The summed E-state index contributed by atoms with van der Waals surface area (Å²) < 4.78 is 5.41. The van der Waals surface area contributed by atoms with Gasteiger partial charge in [-0.25, -0.2) is 4.98 Å². The molecule has 4 rings (SSSR count). The molecule has 0 atom stereocenters. The van der Waals surface area contributed by atoms with Gasteiger partial charge < -0.3 is 14.4 Å². The van der Waals surface area contributed by atoms with E-state index in [-0.39, 0.29) is 11.6 Å². The van der Waals surface area contributed by atoms with Crippen LogP contribution in [-0.2, 0) is 6.42 Å². The van der Waals surface area contributed by atoms with Gasteiger partial charge in [-0.2, -0.15) is 10.2 Å². The number of amides is 1. The number of oxazole rings is 1. The van der Waals surface area contributed by atoms with Crippen LogP contribution in [0, 0.1) is 0 Å². The first-order valence-corrected chi connectivity index (χ1v) is 8.90. The molecule has 0 unspecified atom stereocenters. The molecule has 27 heavy (non-hydrogen) atoms. The van der Waals surface area contributed by atoms with Crippen molar-refractivity contribution in [3.8, 4) is 11.3 Å². The maximum Gasteiger partial charge on any atom is 0.276 e. The predicted molar refractivity (Wildman–Crippen MR) is 97.9 cm³/mol. The van der Waals surface area contributed by atoms with Crippen LogP contribution in [0.2, 0.25) is 0 Å². The third-order valence-electron chi connectivity index (χ3n) is 4.81. The number of hydrogen-bond acceptors (Lipinski definition) is 6. The van der Waals surface area contributed by atoms with E-state index in [4.69, 9.17) is 4.42 Å². The first kappa shape index (κ1) is 17.4. The molecule has 7 heteroatoms. The fourth-order valence-corrected chi connectivity index (χ4v) is 3.06. The molecule has 0 spiro atoms. The third-order valence-corrected chi connectivity index (χ3v) is 4.81. The summed E-state index contributed by atoms with van der Waals surface area (Å²) in [6, 6.07) is 13.6. The highest BCUT2D eigenvalue weighted by Crippen LogP contribution is 2.25. The Morgan fingerprint density at radius 1 is 1.19 bits per heavy atom. The van der Waals surface area contributed by atoms with Crippen molar-refractivity contribution in [3.63, 3.8) is 0 Å². The molecule has 1 aliphatic rings. The Morgan fingerprint density at radius 3 is 2.63 bits per heavy atom. The number of aliphatic hydroxyl groups is 1. The van der Waals surface area contributed by atoms with Crippen molar-refractivity contribution in [3.05, 3.63) is 66.0 Å². The van der Waals surface area contributed by atoms with Crippen LogP contribution in [0.3, 0.4) is 0 Å². The highest BCUT2D eigenvalue weighted by atomic mass is 16.3. The molecular weight excluding hydrogens is 344 g/mol. The Balaban J connectivity index is 1.40. The lowest BCUT2D eigenvalue weighted by molar-refractivity contribution is -0.0828. The smallest absolute Gasteiger partial charge is 0.276 e. The number of hydrogen-bond donors (Lipinski definition) is 1. The molecule has 2 aromatic heterocycles. The molecule has 3 aromatic rings. The van der Waals surface area contributed by atoms with Gasteiger partial charge in [0.05, 0.1) is 36.5 Å². The largest absolute Gasteiger partial charge is 0.448 e. The van der Waals surface area contributed by atoms with Crippen LogP contribution >= 0.6 is 0 Å². The summed E-state index contributed by atoms with van der Waals surface area (Å²) in [5, 5.41) is 18.5. The topological polar surface area (TPSA) is 92.3 Å². The van der Waals surface area contributed by atoms with Gasteiger partial charge in [0.2, 0.25) is 5.89 Å². The zero-order valence-electron chi connectivity index (χ0n) is 15.0. The van der Waals surface area contributed by atoms with Crippen molar-refractivity contribution in [2.45, 2.75) is 25.4 Å². The van der Waals surface area contributed by atoms with Crippen LogP contribution in [0.1, 0.15) is 35.4 Å². The van der Waals surface area contributed by atoms with Crippen LogP contribution in [0.5, 0.6) is 0 Å². The monoisotopic (exact) mass is 364 g/mol. The first-order valence-electron chi connectivity index (χ1n) is 8.90. The molecule has 1 amide bonds. The molecule has 1 N–H and O–H groups in total. The van der Waals surface area contributed by atoms with Gasteiger partial charge in [0.25, 0.3) is 5.91 Å². The van der Waals surface area contributed by atoms with Gasteiger partial charge in [-0.15, -0.1) is 0 Å². The molecule has 1 fully saturated rings. The maximum atomic E-state index is 12.4. The molecular formula is C20H20N4O3. The molecule has 7 nitrogen and oxygen atoms in total. The fraction of sp³-hybridized carbons (Fsp3) is 0.300. The van der Waals surface area contributed by atoms with E-state index in [1.54, 1.807) is 4.90 Å². The average molecular weight is 364 g/mol. The minimum absolute atomic E-state index is 0.228. The van der Waals surface area contributed by atoms with Crippen LogP contribution in [0.15, 0.2) is 53.1 Å². The first-order chi connectivity index (χ1) is 13.1. The van der Waals surface area contributed by atoms with E-state index >= 15 is 0 Å². The number of β-amino-alcohol motifs (C(OH)–C–C–N with tert-alkyl or cyclic N) is 1. The third kappa shape index (κ3) is 3.59. The summed E-state index contributed by atoms with van der Waals surface area (Å²) in [5.41, 5.74) is 1.99. The molecule has 0 bridgehead atoms. The Bertz CT molecular complexity index is 931. The highest BCUT2D eigenvalue weighted by molar-refractivity contribution is 5.92. The highest BCUT2D eigenvalue weighted by Gasteiger charge is 2.42. The number of rotatable bonds is 5. The van der Waals surface area contributed by atoms with Gasteiger partial charge in [-0.1, -0.05) is 37.3 Å². The molecule has 0 radical (unpaired) electrons. The normalized spacial score (nSPS) is 15.4. The van der Waals surface area contributed by atoms with Crippen molar-refractivity contribution in [1.29, 1.82) is 0 Å². The Hall–Kier alpha value is -3.06. The van der Waals surface area contributed by atoms with E-state index in [0.717, 1.165) is 11.3 Å². The standard InChI is InChI=1S/C20H20N4O3/c1-2-20(26)12-24(13-20)19(25)17-11-27-18(21-17)10-15-8-9-16(23-22-15)14-6-4-3-5-7-14/h3-9,11,26H,2,10,12-13H2,1H3. The molecule has 0 aliphatic carbocycles. The van der Waals surface area contributed by atoms with E-state index in [9.17, 15) is 9.90 Å². The number of nitrogens with zero attached hydrogens (tertiary/aromatic N) is 4. The number of aromatic nitrogens is 3. The van der Waals surface area contributed by atoms with E-state index < -0.39 is 5.60 Å². The molecule has 3 heterocycles. The van der Waals surface area contributed by atoms with E-state index in [1.165, 1.54) is 6.26 Å². The van der Waals surface area contributed by atoms with E-state index in [1.807, 2.05) is 49.4 Å². The summed E-state index contributed by atoms with van der Waals surface area (Å²) in [6.07, 6.45) is 2.33. The van der Waals surface area contributed by atoms with Crippen molar-refractivity contribution in [1.82, 2.24) is 20.1 Å². The Labute approximate surface area is 156 Å². The quantitative estimate of drug-likeness (QED) is 0.747. The Morgan fingerprint density at radius 2 is 1.96 bits per heavy atom. The van der Waals surface area contributed by atoms with Crippen LogP contribution in [0.4, 0.5) is 0 Å². The van der Waals surface area contributed by atoms with Crippen molar-refractivity contribution in [2.24, 2.45) is 0 Å². The van der Waals surface area contributed by atoms with Gasteiger partial charge >= 0.3 is 0 Å². The van der Waals surface area contributed by atoms with E-state index in [0.29, 0.717) is 37.5 Å². The second-order valence-electron chi connectivity index (χ2n) is 6.82. The minimum atomic E-state index is -0.766. The van der Waals surface area contributed by atoms with Gasteiger partial charge in [0.15, 0.2) is 5.69 Å². The Kier molecular flexibility index (Phi) is 4.45. The maximum absolute atomic E-state index is 12.4. The van der Waals surface area contributed by atoms with Gasteiger partial charge in [-0.05, 0) is 18.6 Å². The molecule has 1 saturated heterocycles. The summed E-state index contributed by atoms with van der Waals surface area (Å²) in [5.74, 6) is 0.181. The second kappa shape index (κ2) is 6.92.